The molecule has 106 valence electrons. The first-order valence-corrected chi connectivity index (χ1v) is 9.34. The van der Waals surface area contributed by atoms with Gasteiger partial charge >= 0.3 is 6.09 Å². The lowest BCUT2D eigenvalue weighted by atomic mass is 10.2. The maximum absolute atomic E-state index is 11.1. The molecule has 0 bridgehead atoms. The summed E-state index contributed by atoms with van der Waals surface area (Å²) in [6.45, 7) is 11.8. The van der Waals surface area contributed by atoms with Gasteiger partial charge in [0.2, 0.25) is 0 Å². The molecule has 2 atom stereocenters. The Morgan fingerprint density at radius 3 is 2.50 bits per heavy atom. The zero-order valence-electron chi connectivity index (χ0n) is 12.1. The zero-order valence-corrected chi connectivity index (χ0v) is 13.1. The minimum absolute atomic E-state index is 0.0610. The summed E-state index contributed by atoms with van der Waals surface area (Å²) >= 11 is 0. The number of carboxylic acid groups (broad SMARTS) is 1. The van der Waals surface area contributed by atoms with Crippen molar-refractivity contribution in [2.45, 2.75) is 57.4 Å². The second-order valence-electron chi connectivity index (χ2n) is 6.66. The number of rotatable bonds is 3. The number of carbonyl (C=O) groups is 1. The Hall–Kier alpha value is -0.593. The number of likely N-dealkylation sites (tertiary alicyclic amines) is 1. The van der Waals surface area contributed by atoms with Gasteiger partial charge in [0.05, 0.1) is 12.6 Å². The Kier molecular flexibility index (Phi) is 4.45. The van der Waals surface area contributed by atoms with E-state index in [2.05, 4.69) is 33.9 Å². The number of amides is 1. The summed E-state index contributed by atoms with van der Waals surface area (Å²) in [5.41, 5.74) is 5.83. The molecule has 0 aliphatic carbocycles. The monoisotopic (exact) mass is 274 g/mol. The molecule has 0 saturated carbocycles. The molecule has 0 aromatic heterocycles. The van der Waals surface area contributed by atoms with Crippen molar-refractivity contribution in [3.63, 3.8) is 0 Å². The van der Waals surface area contributed by atoms with E-state index in [0.29, 0.717) is 19.6 Å². The molecular formula is C12H26N2O3Si. The third-order valence-corrected chi connectivity index (χ3v) is 8.64. The number of hydrogen-bond donors (Lipinski definition) is 2. The third-order valence-electron chi connectivity index (χ3n) is 4.14. The summed E-state index contributed by atoms with van der Waals surface area (Å²) in [5.74, 6) is 0. The largest absolute Gasteiger partial charge is 0.465 e. The smallest absolute Gasteiger partial charge is 0.407 e. The fourth-order valence-electron chi connectivity index (χ4n) is 1.87. The van der Waals surface area contributed by atoms with Crippen LogP contribution in [0.3, 0.4) is 0 Å². The van der Waals surface area contributed by atoms with Crippen LogP contribution in [0.25, 0.3) is 0 Å². The first kappa shape index (κ1) is 15.5. The van der Waals surface area contributed by atoms with Gasteiger partial charge in [-0.1, -0.05) is 20.8 Å². The van der Waals surface area contributed by atoms with E-state index in [9.17, 15) is 4.79 Å². The standard InChI is InChI=1S/C12H26N2O3Si/c1-12(2,3)18(4,5)17-8-10-6-9(13)7-14(10)11(15)16/h9-10H,6-8,13H2,1-5H3,(H,15,16). The van der Waals surface area contributed by atoms with Gasteiger partial charge in [-0.15, -0.1) is 0 Å². The van der Waals surface area contributed by atoms with Crippen molar-refractivity contribution in [2.75, 3.05) is 13.2 Å². The summed E-state index contributed by atoms with van der Waals surface area (Å²) in [5, 5.41) is 9.26. The van der Waals surface area contributed by atoms with Gasteiger partial charge in [-0.2, -0.15) is 0 Å². The van der Waals surface area contributed by atoms with E-state index in [0.717, 1.165) is 0 Å². The van der Waals surface area contributed by atoms with Crippen LogP contribution in [0.1, 0.15) is 27.2 Å². The van der Waals surface area contributed by atoms with Crippen molar-refractivity contribution in [1.82, 2.24) is 4.90 Å². The van der Waals surface area contributed by atoms with Crippen molar-refractivity contribution < 1.29 is 14.3 Å². The predicted octanol–water partition coefficient (Wildman–Crippen LogP) is 2.09. The molecule has 0 aromatic carbocycles. The molecule has 1 aliphatic heterocycles. The lowest BCUT2D eigenvalue weighted by Gasteiger charge is -2.37. The van der Waals surface area contributed by atoms with E-state index in [1.807, 2.05) is 0 Å². The van der Waals surface area contributed by atoms with Crippen LogP contribution in [0.5, 0.6) is 0 Å². The summed E-state index contributed by atoms with van der Waals surface area (Å²) in [4.78, 5) is 12.5. The van der Waals surface area contributed by atoms with E-state index in [4.69, 9.17) is 15.3 Å². The first-order valence-electron chi connectivity index (χ1n) is 6.43. The molecule has 5 nitrogen and oxygen atoms in total. The molecule has 2 unspecified atom stereocenters. The highest BCUT2D eigenvalue weighted by Crippen LogP contribution is 2.37. The van der Waals surface area contributed by atoms with Crippen LogP contribution in [-0.2, 0) is 4.43 Å². The second kappa shape index (κ2) is 5.18. The highest BCUT2D eigenvalue weighted by molar-refractivity contribution is 6.74. The van der Waals surface area contributed by atoms with E-state index >= 15 is 0 Å². The Balaban J connectivity index is 2.60. The molecule has 1 aliphatic rings. The molecule has 1 heterocycles. The topological polar surface area (TPSA) is 75.8 Å². The van der Waals surface area contributed by atoms with Crippen molar-refractivity contribution >= 4 is 14.4 Å². The molecule has 1 amide bonds. The van der Waals surface area contributed by atoms with Crippen LogP contribution >= 0.6 is 0 Å². The molecule has 1 fully saturated rings. The molecule has 1 rings (SSSR count). The first-order chi connectivity index (χ1) is 8.04. The van der Waals surface area contributed by atoms with E-state index in [-0.39, 0.29) is 17.1 Å². The fourth-order valence-corrected chi connectivity index (χ4v) is 2.91. The van der Waals surface area contributed by atoms with Crippen molar-refractivity contribution in [3.05, 3.63) is 0 Å². The highest BCUT2D eigenvalue weighted by atomic mass is 28.4. The Labute approximate surface area is 110 Å². The zero-order chi connectivity index (χ0) is 14.1. The summed E-state index contributed by atoms with van der Waals surface area (Å²) in [6.07, 6.45) is -0.201. The number of nitrogens with zero attached hydrogens (tertiary/aromatic N) is 1. The van der Waals surface area contributed by atoms with Gasteiger partial charge in [0, 0.05) is 12.6 Å². The minimum Gasteiger partial charge on any atom is -0.465 e. The molecule has 0 aromatic rings. The molecule has 1 saturated heterocycles. The normalized spacial score (nSPS) is 25.6. The molecule has 3 N–H and O–H groups in total. The molecule has 18 heavy (non-hydrogen) atoms. The van der Waals surface area contributed by atoms with Crippen LogP contribution in [0.15, 0.2) is 0 Å². The van der Waals surface area contributed by atoms with E-state index in [1.165, 1.54) is 4.90 Å². The van der Waals surface area contributed by atoms with E-state index < -0.39 is 14.4 Å². The molecule has 0 spiro atoms. The average molecular weight is 274 g/mol. The van der Waals surface area contributed by atoms with Gasteiger partial charge in [0.1, 0.15) is 0 Å². The lowest BCUT2D eigenvalue weighted by Crippen LogP contribution is -2.45. The molecular weight excluding hydrogens is 248 g/mol. The minimum atomic E-state index is -1.82. The van der Waals surface area contributed by atoms with Gasteiger partial charge in [-0.25, -0.2) is 4.79 Å². The SMILES string of the molecule is CC(C)(C)[Si](C)(C)OCC1CC(N)CN1C(=O)O. The van der Waals surface area contributed by atoms with Crippen molar-refractivity contribution in [3.8, 4) is 0 Å². The predicted molar refractivity (Wildman–Crippen MR) is 74.3 cm³/mol. The van der Waals surface area contributed by atoms with Gasteiger partial charge < -0.3 is 20.2 Å². The molecule has 6 heteroatoms. The Morgan fingerprint density at radius 1 is 1.50 bits per heavy atom. The van der Waals surface area contributed by atoms with Crippen molar-refractivity contribution in [2.24, 2.45) is 5.73 Å². The lowest BCUT2D eigenvalue weighted by molar-refractivity contribution is 0.120. The maximum Gasteiger partial charge on any atom is 0.407 e. The van der Waals surface area contributed by atoms with E-state index in [1.54, 1.807) is 0 Å². The maximum atomic E-state index is 11.1. The quantitative estimate of drug-likeness (QED) is 0.773. The Morgan fingerprint density at radius 2 is 2.06 bits per heavy atom. The third kappa shape index (κ3) is 3.46. The van der Waals surface area contributed by atoms with Gasteiger partial charge in [-0.05, 0) is 24.6 Å². The Bertz CT molecular complexity index is 315. The van der Waals surface area contributed by atoms with Gasteiger partial charge in [0.25, 0.3) is 0 Å². The van der Waals surface area contributed by atoms with Crippen LogP contribution in [-0.4, -0.2) is 49.7 Å². The van der Waals surface area contributed by atoms with Crippen LogP contribution in [0.2, 0.25) is 18.1 Å². The number of nitrogens with two attached hydrogens (primary N) is 1. The van der Waals surface area contributed by atoms with Crippen molar-refractivity contribution in [1.29, 1.82) is 0 Å². The average Bonchev–Trinajstić information content (AvgIpc) is 2.55. The fraction of sp³-hybridized carbons (Fsp3) is 0.917. The summed E-state index contributed by atoms with van der Waals surface area (Å²) in [7, 11) is -1.82. The van der Waals surface area contributed by atoms with Crippen LogP contribution in [0, 0.1) is 0 Å². The van der Waals surface area contributed by atoms with Gasteiger partial charge in [-0.3, -0.25) is 0 Å². The summed E-state index contributed by atoms with van der Waals surface area (Å²) in [6, 6.07) is -0.152. The summed E-state index contributed by atoms with van der Waals surface area (Å²) < 4.78 is 6.08. The van der Waals surface area contributed by atoms with Crippen LogP contribution in [0.4, 0.5) is 4.79 Å². The highest BCUT2D eigenvalue weighted by Gasteiger charge is 2.40. The number of hydrogen-bond acceptors (Lipinski definition) is 3. The van der Waals surface area contributed by atoms with Crippen LogP contribution < -0.4 is 5.73 Å². The van der Waals surface area contributed by atoms with Gasteiger partial charge in [0.15, 0.2) is 8.32 Å². The second-order valence-corrected chi connectivity index (χ2v) is 11.5. The molecule has 0 radical (unpaired) electrons.